The molecule has 2 N–H and O–H groups in total. The van der Waals surface area contributed by atoms with E-state index in [0.29, 0.717) is 0 Å². The highest BCUT2D eigenvalue weighted by atomic mass is 19.1. The van der Waals surface area contributed by atoms with Crippen molar-refractivity contribution in [1.82, 2.24) is 10.2 Å². The number of aliphatic carboxylic acids is 1. The molecule has 0 atom stereocenters. The molecule has 0 bridgehead atoms. The second-order valence-corrected chi connectivity index (χ2v) is 4.43. The van der Waals surface area contributed by atoms with Crippen LogP contribution in [0.2, 0.25) is 0 Å². The van der Waals surface area contributed by atoms with Gasteiger partial charge in [-0.2, -0.15) is 0 Å². The first-order valence-electron chi connectivity index (χ1n) is 6.41. The van der Waals surface area contributed by atoms with E-state index >= 15 is 0 Å². The van der Waals surface area contributed by atoms with Crippen LogP contribution in [-0.4, -0.2) is 47.4 Å². The number of nitrogens with one attached hydrogen (secondary N) is 1. The van der Waals surface area contributed by atoms with E-state index in [-0.39, 0.29) is 37.5 Å². The van der Waals surface area contributed by atoms with Gasteiger partial charge in [-0.1, -0.05) is 6.07 Å². The molecule has 1 rings (SSSR count). The molecule has 0 fully saturated rings. The van der Waals surface area contributed by atoms with E-state index in [9.17, 15) is 18.8 Å². The normalized spacial score (nSPS) is 10.0. The smallest absolute Gasteiger partial charge is 0.305 e. The van der Waals surface area contributed by atoms with Gasteiger partial charge in [0.05, 0.1) is 6.42 Å². The average molecular weight is 296 g/mol. The third kappa shape index (κ3) is 6.03. The Labute approximate surface area is 121 Å². The number of carboxylic acid groups (broad SMARTS) is 1. The highest BCUT2D eigenvalue weighted by Gasteiger charge is 2.17. The Hall–Kier alpha value is -2.44. The predicted octanol–water partition coefficient (Wildman–Crippen LogP) is 0.879. The zero-order valence-corrected chi connectivity index (χ0v) is 11.6. The average Bonchev–Trinajstić information content (AvgIpc) is 2.41. The van der Waals surface area contributed by atoms with Gasteiger partial charge in [0.25, 0.3) is 5.91 Å². The molecule has 1 aromatic rings. The van der Waals surface area contributed by atoms with Crippen LogP contribution in [-0.2, 0) is 9.59 Å². The topological polar surface area (TPSA) is 86.7 Å². The summed E-state index contributed by atoms with van der Waals surface area (Å²) in [5.41, 5.74) is 0.142. The first-order valence-corrected chi connectivity index (χ1v) is 6.41. The van der Waals surface area contributed by atoms with Crippen LogP contribution in [0.4, 0.5) is 4.39 Å². The van der Waals surface area contributed by atoms with Crippen molar-refractivity contribution in [3.8, 4) is 0 Å². The highest BCUT2D eigenvalue weighted by Crippen LogP contribution is 2.08. The Morgan fingerprint density at radius 3 is 2.57 bits per heavy atom. The summed E-state index contributed by atoms with van der Waals surface area (Å²) >= 11 is 0. The van der Waals surface area contributed by atoms with Crippen molar-refractivity contribution < 1.29 is 23.9 Å². The summed E-state index contributed by atoms with van der Waals surface area (Å²) in [4.78, 5) is 35.0. The molecule has 114 valence electrons. The second kappa shape index (κ2) is 7.98. The molecule has 0 aromatic heterocycles. The quantitative estimate of drug-likeness (QED) is 0.782. The van der Waals surface area contributed by atoms with E-state index in [1.165, 1.54) is 30.0 Å². The SMILES string of the molecule is CC(=O)NCCN(CCC(=O)O)C(=O)c1cccc(F)c1. The second-order valence-electron chi connectivity index (χ2n) is 4.43. The number of carbonyl (C=O) groups excluding carboxylic acids is 2. The molecule has 0 heterocycles. The lowest BCUT2D eigenvalue weighted by atomic mass is 10.2. The Morgan fingerprint density at radius 2 is 2.00 bits per heavy atom. The van der Waals surface area contributed by atoms with Crippen molar-refractivity contribution in [3.63, 3.8) is 0 Å². The molecule has 0 spiro atoms. The summed E-state index contributed by atoms with van der Waals surface area (Å²) in [6.45, 7) is 1.69. The fourth-order valence-corrected chi connectivity index (χ4v) is 1.72. The molecule has 21 heavy (non-hydrogen) atoms. The molecular weight excluding hydrogens is 279 g/mol. The number of amides is 2. The van der Waals surface area contributed by atoms with Crippen LogP contribution in [0.25, 0.3) is 0 Å². The van der Waals surface area contributed by atoms with Crippen LogP contribution in [0.1, 0.15) is 23.7 Å². The fraction of sp³-hybridized carbons (Fsp3) is 0.357. The van der Waals surface area contributed by atoms with Gasteiger partial charge in [-0.3, -0.25) is 14.4 Å². The van der Waals surface area contributed by atoms with Gasteiger partial charge in [-0.15, -0.1) is 0 Å². The number of benzene rings is 1. The summed E-state index contributed by atoms with van der Waals surface area (Å²) in [5, 5.41) is 11.2. The van der Waals surface area contributed by atoms with E-state index in [4.69, 9.17) is 5.11 Å². The summed E-state index contributed by atoms with van der Waals surface area (Å²) in [6.07, 6.45) is -0.221. The predicted molar refractivity (Wildman–Crippen MR) is 73.2 cm³/mol. The minimum Gasteiger partial charge on any atom is -0.481 e. The first-order chi connectivity index (χ1) is 9.90. The van der Waals surface area contributed by atoms with Crippen molar-refractivity contribution in [2.45, 2.75) is 13.3 Å². The van der Waals surface area contributed by atoms with Crippen molar-refractivity contribution in [2.24, 2.45) is 0 Å². The lowest BCUT2D eigenvalue weighted by Crippen LogP contribution is -2.39. The number of hydrogen-bond donors (Lipinski definition) is 2. The number of halogens is 1. The van der Waals surface area contributed by atoms with Gasteiger partial charge >= 0.3 is 5.97 Å². The molecule has 0 unspecified atom stereocenters. The van der Waals surface area contributed by atoms with Gasteiger partial charge in [-0.05, 0) is 18.2 Å². The monoisotopic (exact) mass is 296 g/mol. The van der Waals surface area contributed by atoms with Crippen LogP contribution in [0.5, 0.6) is 0 Å². The molecule has 0 aliphatic carbocycles. The van der Waals surface area contributed by atoms with Gasteiger partial charge in [0.2, 0.25) is 5.91 Å². The molecule has 1 aromatic carbocycles. The Kier molecular flexibility index (Phi) is 6.32. The Morgan fingerprint density at radius 1 is 1.29 bits per heavy atom. The van der Waals surface area contributed by atoms with Crippen LogP contribution in [0.15, 0.2) is 24.3 Å². The van der Waals surface area contributed by atoms with E-state index in [2.05, 4.69) is 5.32 Å². The number of nitrogens with zero attached hydrogens (tertiary/aromatic N) is 1. The zero-order chi connectivity index (χ0) is 15.8. The summed E-state index contributed by atoms with van der Waals surface area (Å²) in [6, 6.07) is 5.17. The molecule has 7 heteroatoms. The maximum absolute atomic E-state index is 13.1. The summed E-state index contributed by atoms with van der Waals surface area (Å²) in [5.74, 6) is -2.29. The summed E-state index contributed by atoms with van der Waals surface area (Å²) < 4.78 is 13.1. The van der Waals surface area contributed by atoms with Gasteiger partial charge in [0, 0.05) is 32.1 Å². The minimum atomic E-state index is -1.04. The van der Waals surface area contributed by atoms with Crippen molar-refractivity contribution in [2.75, 3.05) is 19.6 Å². The van der Waals surface area contributed by atoms with Crippen molar-refractivity contribution >= 4 is 17.8 Å². The number of rotatable bonds is 7. The first kappa shape index (κ1) is 16.6. The number of carboxylic acids is 1. The Bertz CT molecular complexity index is 533. The van der Waals surface area contributed by atoms with Gasteiger partial charge in [-0.25, -0.2) is 4.39 Å². The number of carbonyl (C=O) groups is 3. The van der Waals surface area contributed by atoms with E-state index in [1.807, 2.05) is 0 Å². The van der Waals surface area contributed by atoms with Gasteiger partial charge < -0.3 is 15.3 Å². The summed E-state index contributed by atoms with van der Waals surface area (Å²) in [7, 11) is 0. The zero-order valence-electron chi connectivity index (χ0n) is 11.6. The maximum Gasteiger partial charge on any atom is 0.305 e. The molecule has 0 aliphatic rings. The van der Waals surface area contributed by atoms with Crippen LogP contribution >= 0.6 is 0 Å². The molecule has 0 radical (unpaired) electrons. The number of hydrogen-bond acceptors (Lipinski definition) is 3. The van der Waals surface area contributed by atoms with Gasteiger partial charge in [0.15, 0.2) is 0 Å². The highest BCUT2D eigenvalue weighted by molar-refractivity contribution is 5.94. The molecule has 0 aliphatic heterocycles. The van der Waals surface area contributed by atoms with Crippen LogP contribution in [0, 0.1) is 5.82 Å². The Balaban J connectivity index is 2.75. The maximum atomic E-state index is 13.1. The molecule has 2 amide bonds. The van der Waals surface area contributed by atoms with Crippen LogP contribution < -0.4 is 5.32 Å². The molecule has 0 saturated carbocycles. The standard InChI is InChI=1S/C14H17FN2O4/c1-10(18)16-6-8-17(7-5-13(19)20)14(21)11-3-2-4-12(15)9-11/h2-4,9H,5-8H2,1H3,(H,16,18)(H,19,20). The lowest BCUT2D eigenvalue weighted by Gasteiger charge is -2.22. The third-order valence-electron chi connectivity index (χ3n) is 2.71. The minimum absolute atomic E-state index is 0.00966. The largest absolute Gasteiger partial charge is 0.481 e. The van der Waals surface area contributed by atoms with Gasteiger partial charge in [0.1, 0.15) is 5.82 Å². The van der Waals surface area contributed by atoms with E-state index in [1.54, 1.807) is 0 Å². The van der Waals surface area contributed by atoms with E-state index < -0.39 is 17.7 Å². The van der Waals surface area contributed by atoms with E-state index in [0.717, 1.165) is 6.07 Å². The molecule has 6 nitrogen and oxygen atoms in total. The van der Waals surface area contributed by atoms with Crippen molar-refractivity contribution in [1.29, 1.82) is 0 Å². The fourth-order valence-electron chi connectivity index (χ4n) is 1.72. The van der Waals surface area contributed by atoms with Crippen molar-refractivity contribution in [3.05, 3.63) is 35.6 Å². The van der Waals surface area contributed by atoms with Crippen LogP contribution in [0.3, 0.4) is 0 Å². The third-order valence-corrected chi connectivity index (χ3v) is 2.71. The molecular formula is C14H17FN2O4. The lowest BCUT2D eigenvalue weighted by molar-refractivity contribution is -0.137. The molecule has 0 saturated heterocycles.